The molecule has 0 N–H and O–H groups in total. The molecular weight excluding hydrogens is 434 g/mol. The van der Waals surface area contributed by atoms with Crippen LogP contribution in [0.5, 0.6) is 0 Å². The second-order valence-corrected chi connectivity index (χ2v) is 9.82. The summed E-state index contributed by atoms with van der Waals surface area (Å²) in [5, 5.41) is 4.90. The minimum Gasteiger partial charge on any atom is -0.288 e. The van der Waals surface area contributed by atoms with E-state index in [0.29, 0.717) is 0 Å². The van der Waals surface area contributed by atoms with Crippen molar-refractivity contribution >= 4 is 51.0 Å². The molecule has 0 saturated heterocycles. The first-order valence-corrected chi connectivity index (χ1v) is 12.2. The first-order valence-electron chi connectivity index (χ1n) is 11.4. The minimum atomic E-state index is -0.663. The number of thioether (sulfide) groups is 1. The van der Waals surface area contributed by atoms with E-state index in [1.54, 1.807) is 18.7 Å². The summed E-state index contributed by atoms with van der Waals surface area (Å²) in [5.74, 6) is 0.0225. The normalized spacial score (nSPS) is 17.5. The van der Waals surface area contributed by atoms with Gasteiger partial charge in [-0.15, -0.1) is 0 Å². The van der Waals surface area contributed by atoms with Crippen LogP contribution in [0.15, 0.2) is 120 Å². The summed E-state index contributed by atoms with van der Waals surface area (Å²) >= 11 is 1.72. The molecule has 0 bridgehead atoms. The van der Waals surface area contributed by atoms with Crippen LogP contribution in [-0.2, 0) is 9.67 Å². The van der Waals surface area contributed by atoms with E-state index in [4.69, 9.17) is 0 Å². The average molecular weight is 458 g/mol. The number of anilines is 1. The lowest BCUT2D eigenvalue weighted by atomic mass is 9.95. The van der Waals surface area contributed by atoms with Crippen LogP contribution in [0.25, 0.3) is 27.6 Å². The number of hydrogen-bond donors (Lipinski definition) is 0. The molecule has 5 aromatic carbocycles. The molecule has 1 aliphatic heterocycles. The van der Waals surface area contributed by atoms with Gasteiger partial charge in [0, 0.05) is 11.8 Å². The predicted octanol–water partition coefficient (Wildman–Crippen LogP) is 8.02. The molecule has 1 unspecified atom stereocenters. The molecular formula is C31H23NOS. The highest BCUT2D eigenvalue weighted by Gasteiger charge is 2.46. The fraction of sp³-hybridized carbons (Fsp3) is 0.0645. The molecule has 0 saturated carbocycles. The number of rotatable bonds is 3. The Morgan fingerprint density at radius 2 is 1.41 bits per heavy atom. The number of benzene rings is 5. The van der Waals surface area contributed by atoms with Gasteiger partial charge in [-0.25, -0.2) is 0 Å². The van der Waals surface area contributed by atoms with Crippen molar-refractivity contribution in [3.8, 4) is 0 Å². The zero-order valence-corrected chi connectivity index (χ0v) is 19.6. The van der Waals surface area contributed by atoms with Crippen molar-refractivity contribution in [3.05, 3.63) is 126 Å². The lowest BCUT2D eigenvalue weighted by Gasteiger charge is -2.35. The molecule has 0 fully saturated rings. The Labute approximate surface area is 203 Å². The van der Waals surface area contributed by atoms with Crippen LogP contribution in [0.1, 0.15) is 18.1 Å². The van der Waals surface area contributed by atoms with Gasteiger partial charge in [-0.3, -0.25) is 9.69 Å². The maximum atomic E-state index is 13.1. The highest BCUT2D eigenvalue weighted by atomic mass is 32.2. The van der Waals surface area contributed by atoms with Crippen LogP contribution < -0.4 is 4.90 Å². The summed E-state index contributed by atoms with van der Waals surface area (Å²) in [6.45, 7) is 1.65. The summed E-state index contributed by atoms with van der Waals surface area (Å²) in [5.41, 5.74) is 3.18. The molecule has 164 valence electrons. The number of para-hydroxylation sites is 1. The van der Waals surface area contributed by atoms with Gasteiger partial charge in [-0.1, -0.05) is 109 Å². The van der Waals surface area contributed by atoms with E-state index >= 15 is 0 Å². The van der Waals surface area contributed by atoms with Crippen molar-refractivity contribution in [1.29, 1.82) is 0 Å². The Morgan fingerprint density at radius 3 is 2.21 bits per heavy atom. The Morgan fingerprint density at radius 1 is 0.765 bits per heavy atom. The lowest BCUT2D eigenvalue weighted by molar-refractivity contribution is -0.117. The molecule has 0 aromatic heterocycles. The van der Waals surface area contributed by atoms with Gasteiger partial charge in [0.15, 0.2) is 0 Å². The molecule has 3 heteroatoms. The number of carbonyl (C=O) groups is 1. The SMILES string of the molecule is CC(=O)N1c2ccccc2SC1(C=Cc1cc2ccccc2c2ccccc12)c1ccccc1. The van der Waals surface area contributed by atoms with Crippen LogP contribution in [-0.4, -0.2) is 5.91 Å². The first kappa shape index (κ1) is 20.8. The van der Waals surface area contributed by atoms with Crippen LogP contribution >= 0.6 is 11.8 Å². The summed E-state index contributed by atoms with van der Waals surface area (Å²) in [4.78, 5) is 15.5. The van der Waals surface area contributed by atoms with Crippen LogP contribution in [0, 0.1) is 0 Å². The van der Waals surface area contributed by atoms with E-state index in [0.717, 1.165) is 21.7 Å². The fourth-order valence-electron chi connectivity index (χ4n) is 5.02. The van der Waals surface area contributed by atoms with E-state index in [-0.39, 0.29) is 5.91 Å². The minimum absolute atomic E-state index is 0.0225. The van der Waals surface area contributed by atoms with Gasteiger partial charge >= 0.3 is 0 Å². The summed E-state index contributed by atoms with van der Waals surface area (Å²) in [6, 6.07) is 37.8. The molecule has 0 aliphatic carbocycles. The molecule has 2 nitrogen and oxygen atoms in total. The Hall–Kier alpha value is -3.82. The summed E-state index contributed by atoms with van der Waals surface area (Å²) in [6.07, 6.45) is 4.39. The monoisotopic (exact) mass is 457 g/mol. The molecule has 34 heavy (non-hydrogen) atoms. The van der Waals surface area contributed by atoms with Gasteiger partial charge in [0.2, 0.25) is 5.91 Å². The zero-order chi connectivity index (χ0) is 23.1. The number of hydrogen-bond acceptors (Lipinski definition) is 2. The van der Waals surface area contributed by atoms with Gasteiger partial charge in [0.25, 0.3) is 0 Å². The third kappa shape index (κ3) is 3.24. The Kier molecular flexibility index (Phi) is 5.00. The molecule has 5 aromatic rings. The average Bonchev–Trinajstić information content (AvgIpc) is 3.23. The Balaban J connectivity index is 1.59. The molecule has 1 aliphatic rings. The molecule has 1 atom stereocenters. The summed E-state index contributed by atoms with van der Waals surface area (Å²) in [7, 11) is 0. The molecule has 1 amide bonds. The topological polar surface area (TPSA) is 20.3 Å². The van der Waals surface area contributed by atoms with Crippen molar-refractivity contribution in [2.45, 2.75) is 16.7 Å². The van der Waals surface area contributed by atoms with E-state index in [2.05, 4.69) is 84.9 Å². The van der Waals surface area contributed by atoms with E-state index in [1.165, 1.54) is 21.5 Å². The maximum absolute atomic E-state index is 13.1. The first-order chi connectivity index (χ1) is 16.7. The van der Waals surface area contributed by atoms with Gasteiger partial charge in [0.05, 0.1) is 5.69 Å². The second kappa shape index (κ2) is 8.19. The lowest BCUT2D eigenvalue weighted by Crippen LogP contribution is -2.42. The quantitative estimate of drug-likeness (QED) is 0.256. The maximum Gasteiger partial charge on any atom is 0.225 e. The number of amides is 1. The van der Waals surface area contributed by atoms with Gasteiger partial charge in [-0.2, -0.15) is 0 Å². The zero-order valence-electron chi connectivity index (χ0n) is 18.8. The molecule has 0 radical (unpaired) electrons. The third-order valence-electron chi connectivity index (χ3n) is 6.50. The highest BCUT2D eigenvalue weighted by molar-refractivity contribution is 8.01. The van der Waals surface area contributed by atoms with Crippen LogP contribution in [0.2, 0.25) is 0 Å². The predicted molar refractivity (Wildman–Crippen MR) is 144 cm³/mol. The van der Waals surface area contributed by atoms with Crippen molar-refractivity contribution in [1.82, 2.24) is 0 Å². The molecule has 1 heterocycles. The van der Waals surface area contributed by atoms with Crippen LogP contribution in [0.4, 0.5) is 5.69 Å². The van der Waals surface area contributed by atoms with Crippen molar-refractivity contribution in [2.75, 3.05) is 4.90 Å². The smallest absolute Gasteiger partial charge is 0.225 e. The molecule has 0 spiro atoms. The van der Waals surface area contributed by atoms with Gasteiger partial charge < -0.3 is 0 Å². The van der Waals surface area contributed by atoms with Gasteiger partial charge in [0.1, 0.15) is 4.87 Å². The molecule has 6 rings (SSSR count). The third-order valence-corrected chi connectivity index (χ3v) is 7.93. The van der Waals surface area contributed by atoms with Crippen molar-refractivity contribution in [2.24, 2.45) is 0 Å². The van der Waals surface area contributed by atoms with Crippen molar-refractivity contribution < 1.29 is 4.79 Å². The Bertz CT molecular complexity index is 1570. The standard InChI is InChI=1S/C31H23NOS/c1-22(33)32-29-17-9-10-18-30(29)34-31(32,25-12-3-2-4-13-25)20-19-24-21-23-11-5-6-14-26(23)28-16-8-7-15-27(24)28/h2-21H,1H3. The number of carbonyl (C=O) groups excluding carboxylic acids is 1. The van der Waals surface area contributed by atoms with E-state index < -0.39 is 4.87 Å². The van der Waals surface area contributed by atoms with E-state index in [9.17, 15) is 4.79 Å². The van der Waals surface area contributed by atoms with E-state index in [1.807, 2.05) is 41.3 Å². The van der Waals surface area contributed by atoms with Crippen molar-refractivity contribution in [3.63, 3.8) is 0 Å². The largest absolute Gasteiger partial charge is 0.288 e. The second-order valence-electron chi connectivity index (χ2n) is 8.55. The highest BCUT2D eigenvalue weighted by Crippen LogP contribution is 2.56. The summed E-state index contributed by atoms with van der Waals surface area (Å²) < 4.78 is 0. The number of nitrogens with zero attached hydrogens (tertiary/aromatic N) is 1. The van der Waals surface area contributed by atoms with Gasteiger partial charge in [-0.05, 0) is 56.9 Å². The fourth-order valence-corrected chi connectivity index (χ4v) is 6.47. The van der Waals surface area contributed by atoms with Crippen LogP contribution in [0.3, 0.4) is 0 Å². The number of fused-ring (bicyclic) bond motifs is 4.